The Morgan fingerprint density at radius 1 is 0.923 bits per heavy atom. The highest BCUT2D eigenvalue weighted by Crippen LogP contribution is 2.39. The lowest BCUT2D eigenvalue weighted by molar-refractivity contribution is 0.0972. The van der Waals surface area contributed by atoms with E-state index >= 15 is 0 Å². The van der Waals surface area contributed by atoms with Crippen LogP contribution in [0.1, 0.15) is 32.6 Å². The number of unbranched alkanes of at least 4 members (excludes halogenated alkanes) is 3. The lowest BCUT2D eigenvalue weighted by Crippen LogP contribution is -2.07. The van der Waals surface area contributed by atoms with Gasteiger partial charge in [-0.3, -0.25) is 0 Å². The van der Waals surface area contributed by atoms with Crippen LogP contribution in [0.4, 0.5) is 0 Å². The van der Waals surface area contributed by atoms with Gasteiger partial charge < -0.3 is 14.5 Å². The smallest absolute Gasteiger partial charge is 0.121 e. The minimum Gasteiger partial charge on any atom is -0.491 e. The Labute approximate surface area is 157 Å². The maximum absolute atomic E-state index is 5.86. The van der Waals surface area contributed by atoms with Gasteiger partial charge in [-0.1, -0.05) is 44.4 Å². The second-order valence-corrected chi connectivity index (χ2v) is 7.71. The minimum atomic E-state index is 0.595. The number of ether oxygens (including phenoxy) is 2. The van der Waals surface area contributed by atoms with Gasteiger partial charge in [0.25, 0.3) is 0 Å². The number of aromatic amines is 1. The molecule has 4 aromatic rings. The van der Waals surface area contributed by atoms with Gasteiger partial charge in [0.1, 0.15) is 17.2 Å². The number of aromatic nitrogens is 1. The van der Waals surface area contributed by atoms with E-state index in [2.05, 4.69) is 54.4 Å². The summed E-state index contributed by atoms with van der Waals surface area (Å²) in [6.07, 6.45) is 4.96. The summed E-state index contributed by atoms with van der Waals surface area (Å²) in [5.41, 5.74) is 1.13. The summed E-state index contributed by atoms with van der Waals surface area (Å²) < 4.78 is 12.8. The maximum Gasteiger partial charge on any atom is 0.121 e. The Hall–Kier alpha value is -2.04. The lowest BCUT2D eigenvalue weighted by atomic mass is 10.1. The van der Waals surface area contributed by atoms with E-state index in [9.17, 15) is 0 Å². The zero-order valence-corrected chi connectivity index (χ0v) is 16.0. The summed E-state index contributed by atoms with van der Waals surface area (Å²) in [6.45, 7) is 4.30. The van der Waals surface area contributed by atoms with Crippen molar-refractivity contribution >= 4 is 42.5 Å². The number of hydrogen-bond acceptors (Lipinski definition) is 3. The van der Waals surface area contributed by atoms with Gasteiger partial charge in [-0.15, -0.1) is 11.3 Å². The zero-order chi connectivity index (χ0) is 17.8. The van der Waals surface area contributed by atoms with Crippen LogP contribution in [0.25, 0.3) is 31.2 Å². The van der Waals surface area contributed by atoms with Crippen molar-refractivity contribution in [2.75, 3.05) is 19.8 Å². The summed E-state index contributed by atoms with van der Waals surface area (Å²) in [6, 6.07) is 14.9. The van der Waals surface area contributed by atoms with E-state index in [1.54, 1.807) is 0 Å². The van der Waals surface area contributed by atoms with Crippen molar-refractivity contribution in [1.29, 1.82) is 0 Å². The fraction of sp³-hybridized carbons (Fsp3) is 0.364. The van der Waals surface area contributed by atoms with Crippen molar-refractivity contribution in [3.8, 4) is 5.75 Å². The highest BCUT2D eigenvalue weighted by atomic mass is 32.1. The summed E-state index contributed by atoms with van der Waals surface area (Å²) in [7, 11) is 0. The van der Waals surface area contributed by atoms with E-state index in [1.165, 1.54) is 45.0 Å². The van der Waals surface area contributed by atoms with Crippen LogP contribution < -0.4 is 4.74 Å². The molecule has 0 atom stereocenters. The number of benzene rings is 2. The highest BCUT2D eigenvalue weighted by molar-refractivity contribution is 7.25. The second kappa shape index (κ2) is 8.11. The standard InChI is InChI=1S/C22H25NO2S/c1-2-3-4-7-12-24-13-14-25-16-10-11-17-19(15-16)23-22-21(17)18-8-5-6-9-20(18)26-22/h5-6,8-11,15,23H,2-4,7,12-14H2,1H3. The number of rotatable bonds is 9. The average molecular weight is 368 g/mol. The molecular weight excluding hydrogens is 342 g/mol. The molecule has 0 saturated heterocycles. The number of hydrogen-bond donors (Lipinski definition) is 1. The van der Waals surface area contributed by atoms with E-state index < -0.39 is 0 Å². The van der Waals surface area contributed by atoms with Crippen molar-refractivity contribution < 1.29 is 9.47 Å². The third-order valence-corrected chi connectivity index (χ3v) is 5.83. The Morgan fingerprint density at radius 2 is 1.85 bits per heavy atom. The van der Waals surface area contributed by atoms with Crippen molar-refractivity contribution in [3.63, 3.8) is 0 Å². The molecule has 0 spiro atoms. The van der Waals surface area contributed by atoms with Crippen molar-refractivity contribution in [2.24, 2.45) is 0 Å². The molecule has 0 saturated carbocycles. The molecule has 2 heterocycles. The molecule has 0 radical (unpaired) electrons. The number of H-pyrrole nitrogens is 1. The van der Waals surface area contributed by atoms with Gasteiger partial charge in [-0.2, -0.15) is 0 Å². The Bertz CT molecular complexity index is 1000. The SMILES string of the molecule is CCCCCCOCCOc1ccc2c(c1)[nH]c1sc3ccccc3c12. The molecule has 0 aliphatic heterocycles. The van der Waals surface area contributed by atoms with Crippen LogP contribution in [0.5, 0.6) is 5.75 Å². The predicted molar refractivity (Wildman–Crippen MR) is 112 cm³/mol. The number of fused-ring (bicyclic) bond motifs is 5. The van der Waals surface area contributed by atoms with E-state index in [4.69, 9.17) is 9.47 Å². The van der Waals surface area contributed by atoms with E-state index in [0.717, 1.165) is 24.3 Å². The molecule has 0 aliphatic rings. The van der Waals surface area contributed by atoms with Crippen LogP contribution >= 0.6 is 11.3 Å². The van der Waals surface area contributed by atoms with E-state index in [0.29, 0.717) is 13.2 Å². The molecule has 4 heteroatoms. The van der Waals surface area contributed by atoms with Crippen LogP contribution in [0, 0.1) is 0 Å². The van der Waals surface area contributed by atoms with Gasteiger partial charge in [0.2, 0.25) is 0 Å². The van der Waals surface area contributed by atoms with Gasteiger partial charge in [0.15, 0.2) is 0 Å². The van der Waals surface area contributed by atoms with E-state index in [1.807, 2.05) is 11.3 Å². The summed E-state index contributed by atoms with van der Waals surface area (Å²) in [4.78, 5) is 4.78. The quantitative estimate of drug-likeness (QED) is 0.342. The predicted octanol–water partition coefficient (Wildman–Crippen LogP) is 6.51. The molecular formula is C22H25NO2S. The second-order valence-electron chi connectivity index (χ2n) is 6.66. The monoisotopic (exact) mass is 367 g/mol. The zero-order valence-electron chi connectivity index (χ0n) is 15.2. The topological polar surface area (TPSA) is 34.2 Å². The molecule has 1 N–H and O–H groups in total. The number of thiophene rings is 1. The minimum absolute atomic E-state index is 0.595. The fourth-order valence-electron chi connectivity index (χ4n) is 3.41. The Balaban J connectivity index is 1.39. The van der Waals surface area contributed by atoms with Gasteiger partial charge in [-0.05, 0) is 24.6 Å². The van der Waals surface area contributed by atoms with Gasteiger partial charge in [0, 0.05) is 33.5 Å². The molecule has 2 aromatic carbocycles. The third-order valence-electron chi connectivity index (χ3n) is 4.74. The molecule has 0 unspecified atom stereocenters. The first-order valence-corrected chi connectivity index (χ1v) is 10.3. The van der Waals surface area contributed by atoms with Crippen LogP contribution in [0.15, 0.2) is 42.5 Å². The molecule has 2 aromatic heterocycles. The lowest BCUT2D eigenvalue weighted by Gasteiger charge is -2.07. The first-order chi connectivity index (χ1) is 12.9. The Morgan fingerprint density at radius 3 is 2.77 bits per heavy atom. The molecule has 0 bridgehead atoms. The molecule has 0 fully saturated rings. The largest absolute Gasteiger partial charge is 0.491 e. The van der Waals surface area contributed by atoms with Crippen LogP contribution in [0.3, 0.4) is 0 Å². The normalized spacial score (nSPS) is 11.7. The van der Waals surface area contributed by atoms with E-state index in [-0.39, 0.29) is 0 Å². The van der Waals surface area contributed by atoms with Gasteiger partial charge in [0.05, 0.1) is 12.1 Å². The molecule has 4 rings (SSSR count). The van der Waals surface area contributed by atoms with Crippen molar-refractivity contribution in [3.05, 3.63) is 42.5 Å². The summed E-state index contributed by atoms with van der Waals surface area (Å²) >= 11 is 1.81. The molecule has 136 valence electrons. The third kappa shape index (κ3) is 3.57. The fourth-order valence-corrected chi connectivity index (χ4v) is 4.54. The molecule has 3 nitrogen and oxygen atoms in total. The van der Waals surface area contributed by atoms with Crippen LogP contribution in [-0.4, -0.2) is 24.8 Å². The van der Waals surface area contributed by atoms with Gasteiger partial charge >= 0.3 is 0 Å². The highest BCUT2D eigenvalue weighted by Gasteiger charge is 2.11. The Kier molecular flexibility index (Phi) is 5.42. The van der Waals surface area contributed by atoms with Crippen molar-refractivity contribution in [2.45, 2.75) is 32.6 Å². The van der Waals surface area contributed by atoms with Crippen LogP contribution in [-0.2, 0) is 4.74 Å². The number of nitrogens with one attached hydrogen (secondary N) is 1. The van der Waals surface area contributed by atoms with Gasteiger partial charge in [-0.25, -0.2) is 0 Å². The first-order valence-electron chi connectivity index (χ1n) is 9.50. The summed E-state index contributed by atoms with van der Waals surface area (Å²) in [5.74, 6) is 0.894. The maximum atomic E-state index is 5.86. The molecule has 0 amide bonds. The summed E-state index contributed by atoms with van der Waals surface area (Å²) in [5, 5.41) is 3.91. The molecule has 26 heavy (non-hydrogen) atoms. The molecule has 0 aliphatic carbocycles. The van der Waals surface area contributed by atoms with Crippen molar-refractivity contribution in [1.82, 2.24) is 4.98 Å². The first kappa shape index (κ1) is 17.4. The van der Waals surface area contributed by atoms with Crippen LogP contribution in [0.2, 0.25) is 0 Å². The average Bonchev–Trinajstić information content (AvgIpc) is 3.19.